The standard InChI is InChI=1S/C15H14N2O4/c1-7-2-3-8(18)4-9(7)12-13(16)10(15(17)19)5-11-14(12)21-6-20-11/h2-5,18H,6,16H2,1H3,(H2,17,19). The van der Waals surface area contributed by atoms with Crippen molar-refractivity contribution in [2.24, 2.45) is 5.73 Å². The number of aromatic hydroxyl groups is 1. The molecule has 0 atom stereocenters. The molecule has 0 radical (unpaired) electrons. The number of fused-ring (bicyclic) bond motifs is 1. The summed E-state index contributed by atoms with van der Waals surface area (Å²) in [5, 5.41) is 9.71. The average molecular weight is 286 g/mol. The third-order valence-corrected chi connectivity index (χ3v) is 3.46. The molecule has 6 heteroatoms. The van der Waals surface area contributed by atoms with Crippen molar-refractivity contribution in [3.63, 3.8) is 0 Å². The first-order valence-corrected chi connectivity index (χ1v) is 6.31. The fraction of sp³-hybridized carbons (Fsp3) is 0.133. The van der Waals surface area contributed by atoms with Crippen molar-refractivity contribution in [2.45, 2.75) is 6.92 Å². The van der Waals surface area contributed by atoms with Crippen LogP contribution in [0.2, 0.25) is 0 Å². The van der Waals surface area contributed by atoms with E-state index >= 15 is 0 Å². The molecule has 0 saturated carbocycles. The van der Waals surface area contributed by atoms with Crippen molar-refractivity contribution in [1.29, 1.82) is 0 Å². The van der Waals surface area contributed by atoms with Crippen molar-refractivity contribution in [3.05, 3.63) is 35.4 Å². The first kappa shape index (κ1) is 13.1. The van der Waals surface area contributed by atoms with Crippen LogP contribution < -0.4 is 20.9 Å². The molecule has 0 bridgehead atoms. The van der Waals surface area contributed by atoms with E-state index in [-0.39, 0.29) is 23.8 Å². The molecular formula is C15H14N2O4. The summed E-state index contributed by atoms with van der Waals surface area (Å²) in [4.78, 5) is 11.6. The second-order valence-electron chi connectivity index (χ2n) is 4.81. The number of primary amides is 1. The lowest BCUT2D eigenvalue weighted by Gasteiger charge is -2.15. The molecule has 1 aliphatic rings. The quantitative estimate of drug-likeness (QED) is 0.729. The SMILES string of the molecule is Cc1ccc(O)cc1-c1c(N)c(C(N)=O)cc2c1OCO2. The van der Waals surface area contributed by atoms with Gasteiger partial charge in [0, 0.05) is 0 Å². The van der Waals surface area contributed by atoms with Gasteiger partial charge in [0.05, 0.1) is 16.8 Å². The first-order chi connectivity index (χ1) is 9.99. The molecule has 1 heterocycles. The molecule has 0 spiro atoms. The highest BCUT2D eigenvalue weighted by atomic mass is 16.7. The van der Waals surface area contributed by atoms with E-state index in [4.69, 9.17) is 20.9 Å². The van der Waals surface area contributed by atoms with Gasteiger partial charge in [-0.05, 0) is 36.2 Å². The molecule has 3 rings (SSSR count). The summed E-state index contributed by atoms with van der Waals surface area (Å²) in [5.74, 6) is 0.305. The summed E-state index contributed by atoms with van der Waals surface area (Å²) in [7, 11) is 0. The van der Waals surface area contributed by atoms with Crippen LogP contribution in [0.3, 0.4) is 0 Å². The van der Waals surface area contributed by atoms with Gasteiger partial charge in [0.25, 0.3) is 5.91 Å². The van der Waals surface area contributed by atoms with Crippen molar-refractivity contribution in [2.75, 3.05) is 12.5 Å². The third-order valence-electron chi connectivity index (χ3n) is 3.46. The first-order valence-electron chi connectivity index (χ1n) is 6.31. The van der Waals surface area contributed by atoms with Gasteiger partial charge in [0.15, 0.2) is 11.5 Å². The number of benzene rings is 2. The summed E-state index contributed by atoms with van der Waals surface area (Å²) in [5.41, 5.74) is 13.9. The number of hydrogen-bond donors (Lipinski definition) is 3. The summed E-state index contributed by atoms with van der Waals surface area (Å²) in [6.07, 6.45) is 0. The Morgan fingerprint density at radius 3 is 2.76 bits per heavy atom. The number of ether oxygens (including phenoxy) is 2. The summed E-state index contributed by atoms with van der Waals surface area (Å²) >= 11 is 0. The van der Waals surface area contributed by atoms with Gasteiger partial charge in [-0.15, -0.1) is 0 Å². The van der Waals surface area contributed by atoms with Crippen LogP contribution in [0.1, 0.15) is 15.9 Å². The van der Waals surface area contributed by atoms with Crippen LogP contribution >= 0.6 is 0 Å². The number of rotatable bonds is 2. The maximum absolute atomic E-state index is 11.6. The number of phenolic OH excluding ortho intramolecular Hbond substituents is 1. The normalized spacial score (nSPS) is 12.4. The molecule has 5 N–H and O–H groups in total. The Balaban J connectivity index is 2.36. The Labute approximate surface area is 120 Å². The summed E-state index contributed by atoms with van der Waals surface area (Å²) in [6, 6.07) is 6.36. The largest absolute Gasteiger partial charge is 0.508 e. The van der Waals surface area contributed by atoms with Gasteiger partial charge < -0.3 is 26.0 Å². The molecule has 2 aromatic carbocycles. The van der Waals surface area contributed by atoms with Crippen molar-refractivity contribution < 1.29 is 19.4 Å². The van der Waals surface area contributed by atoms with Gasteiger partial charge in [-0.2, -0.15) is 0 Å². The lowest BCUT2D eigenvalue weighted by molar-refractivity contribution is 0.100. The van der Waals surface area contributed by atoms with Gasteiger partial charge in [0.2, 0.25) is 6.79 Å². The van der Waals surface area contributed by atoms with Gasteiger partial charge in [-0.25, -0.2) is 0 Å². The minimum atomic E-state index is -0.648. The molecule has 6 nitrogen and oxygen atoms in total. The van der Waals surface area contributed by atoms with E-state index in [1.165, 1.54) is 6.07 Å². The molecule has 0 saturated heterocycles. The highest BCUT2D eigenvalue weighted by Gasteiger charge is 2.26. The van der Waals surface area contributed by atoms with Crippen LogP contribution in [0.4, 0.5) is 5.69 Å². The molecule has 1 aliphatic heterocycles. The highest BCUT2D eigenvalue weighted by Crippen LogP contribution is 2.48. The maximum Gasteiger partial charge on any atom is 0.250 e. The second-order valence-corrected chi connectivity index (χ2v) is 4.81. The van der Waals surface area contributed by atoms with E-state index in [0.717, 1.165) is 5.56 Å². The van der Waals surface area contributed by atoms with Crippen molar-refractivity contribution >= 4 is 11.6 Å². The predicted octanol–water partition coefficient (Wildman–Crippen LogP) is 1.78. The molecule has 108 valence electrons. The Hall–Kier alpha value is -2.89. The molecule has 0 fully saturated rings. The Morgan fingerprint density at radius 2 is 2.05 bits per heavy atom. The molecule has 1 amide bonds. The molecular weight excluding hydrogens is 272 g/mol. The average Bonchev–Trinajstić information content (AvgIpc) is 2.89. The van der Waals surface area contributed by atoms with E-state index in [2.05, 4.69) is 0 Å². The number of hydrogen-bond acceptors (Lipinski definition) is 5. The number of aryl methyl sites for hydroxylation is 1. The van der Waals surface area contributed by atoms with Crippen LogP contribution in [0.25, 0.3) is 11.1 Å². The number of anilines is 1. The summed E-state index contributed by atoms with van der Waals surface area (Å²) in [6.45, 7) is 1.91. The van der Waals surface area contributed by atoms with E-state index in [0.29, 0.717) is 22.6 Å². The summed E-state index contributed by atoms with van der Waals surface area (Å²) < 4.78 is 10.8. The van der Waals surface area contributed by atoms with Gasteiger partial charge in [-0.3, -0.25) is 4.79 Å². The van der Waals surface area contributed by atoms with Crippen molar-refractivity contribution in [1.82, 2.24) is 0 Å². The lowest BCUT2D eigenvalue weighted by atomic mass is 9.94. The number of carbonyl (C=O) groups excluding carboxylic acids is 1. The number of carbonyl (C=O) groups is 1. The zero-order chi connectivity index (χ0) is 15.1. The zero-order valence-corrected chi connectivity index (χ0v) is 11.3. The number of nitrogen functional groups attached to an aromatic ring is 1. The third kappa shape index (κ3) is 2.01. The van der Waals surface area contributed by atoms with E-state index in [1.54, 1.807) is 18.2 Å². The monoisotopic (exact) mass is 286 g/mol. The number of amides is 1. The Kier molecular flexibility index (Phi) is 2.86. The van der Waals surface area contributed by atoms with Crippen molar-refractivity contribution in [3.8, 4) is 28.4 Å². The molecule has 0 unspecified atom stereocenters. The smallest absolute Gasteiger partial charge is 0.250 e. The fourth-order valence-electron chi connectivity index (χ4n) is 2.41. The Bertz CT molecular complexity index is 756. The molecule has 21 heavy (non-hydrogen) atoms. The van der Waals surface area contributed by atoms with Crippen LogP contribution in [-0.4, -0.2) is 17.8 Å². The fourth-order valence-corrected chi connectivity index (χ4v) is 2.41. The zero-order valence-electron chi connectivity index (χ0n) is 11.3. The van der Waals surface area contributed by atoms with Gasteiger partial charge >= 0.3 is 0 Å². The predicted molar refractivity (Wildman–Crippen MR) is 77.3 cm³/mol. The molecule has 0 aromatic heterocycles. The molecule has 0 aliphatic carbocycles. The van der Waals surface area contributed by atoms with Crippen LogP contribution in [-0.2, 0) is 0 Å². The molecule has 2 aromatic rings. The van der Waals surface area contributed by atoms with Crippen LogP contribution in [0, 0.1) is 6.92 Å². The van der Waals surface area contributed by atoms with Crippen LogP contribution in [0.5, 0.6) is 17.2 Å². The van der Waals surface area contributed by atoms with Gasteiger partial charge in [-0.1, -0.05) is 6.07 Å². The van der Waals surface area contributed by atoms with E-state index < -0.39 is 5.91 Å². The number of nitrogens with two attached hydrogens (primary N) is 2. The maximum atomic E-state index is 11.6. The highest BCUT2D eigenvalue weighted by molar-refractivity contribution is 6.04. The number of phenols is 1. The van der Waals surface area contributed by atoms with Gasteiger partial charge in [0.1, 0.15) is 5.75 Å². The topological polar surface area (TPSA) is 108 Å². The van der Waals surface area contributed by atoms with E-state index in [1.807, 2.05) is 6.92 Å². The minimum absolute atomic E-state index is 0.0435. The second kappa shape index (κ2) is 4.59. The van der Waals surface area contributed by atoms with E-state index in [9.17, 15) is 9.90 Å². The Morgan fingerprint density at radius 1 is 1.29 bits per heavy atom. The van der Waals surface area contributed by atoms with Crippen LogP contribution in [0.15, 0.2) is 24.3 Å². The lowest BCUT2D eigenvalue weighted by Crippen LogP contribution is -2.14. The minimum Gasteiger partial charge on any atom is -0.508 e.